The lowest BCUT2D eigenvalue weighted by Gasteiger charge is -2.37. The van der Waals surface area contributed by atoms with Gasteiger partial charge in [-0.2, -0.15) is 0 Å². The first-order valence-corrected chi connectivity index (χ1v) is 6.14. The Morgan fingerprint density at radius 1 is 1.56 bits per heavy atom. The van der Waals surface area contributed by atoms with Crippen LogP contribution in [-0.2, 0) is 4.79 Å². The number of amides is 1. The van der Waals surface area contributed by atoms with Gasteiger partial charge in [-0.3, -0.25) is 4.79 Å². The lowest BCUT2D eigenvalue weighted by Crippen LogP contribution is -2.43. The van der Waals surface area contributed by atoms with E-state index in [2.05, 4.69) is 17.5 Å². The van der Waals surface area contributed by atoms with Gasteiger partial charge in [-0.25, -0.2) is 0 Å². The Balaban J connectivity index is 2.04. The molecule has 1 aliphatic heterocycles. The van der Waals surface area contributed by atoms with Gasteiger partial charge in [0.05, 0.1) is 5.41 Å². The van der Waals surface area contributed by atoms with Crippen LogP contribution in [-0.4, -0.2) is 19.0 Å². The van der Waals surface area contributed by atoms with Crippen LogP contribution in [0.2, 0.25) is 0 Å². The van der Waals surface area contributed by atoms with Crippen molar-refractivity contribution in [2.24, 2.45) is 17.1 Å². The fourth-order valence-electron chi connectivity index (χ4n) is 3.42. The van der Waals surface area contributed by atoms with Crippen LogP contribution in [0.5, 0.6) is 0 Å². The molecule has 1 heterocycles. The summed E-state index contributed by atoms with van der Waals surface area (Å²) in [6.45, 7) is 1.56. The molecule has 3 nitrogen and oxygen atoms in total. The predicted octanol–water partition coefficient (Wildman–Crippen LogP) is 1.12. The topological polar surface area (TPSA) is 55.1 Å². The number of allylic oxidation sites excluding steroid dienone is 3. The fourth-order valence-corrected chi connectivity index (χ4v) is 3.42. The van der Waals surface area contributed by atoms with Crippen LogP contribution in [0.25, 0.3) is 0 Å². The molecule has 2 atom stereocenters. The van der Waals surface area contributed by atoms with E-state index in [9.17, 15) is 4.79 Å². The largest absolute Gasteiger partial charge is 0.369 e. The highest BCUT2D eigenvalue weighted by Crippen LogP contribution is 2.47. The molecular formula is C13H18N2O. The van der Waals surface area contributed by atoms with Crippen LogP contribution in [0.3, 0.4) is 0 Å². The minimum Gasteiger partial charge on any atom is -0.369 e. The number of nitrogens with one attached hydrogen (secondary N) is 1. The molecule has 1 unspecified atom stereocenters. The summed E-state index contributed by atoms with van der Waals surface area (Å²) in [4.78, 5) is 11.8. The number of hydrogen-bond acceptors (Lipinski definition) is 2. The molecule has 0 aromatic carbocycles. The van der Waals surface area contributed by atoms with Crippen LogP contribution in [0.4, 0.5) is 0 Å². The third-order valence-corrected chi connectivity index (χ3v) is 4.37. The van der Waals surface area contributed by atoms with Gasteiger partial charge in [-0.15, -0.1) is 0 Å². The first-order chi connectivity index (χ1) is 7.72. The van der Waals surface area contributed by atoms with E-state index in [1.807, 2.05) is 0 Å². The van der Waals surface area contributed by atoms with Crippen LogP contribution < -0.4 is 11.1 Å². The number of carbonyl (C=O) groups is 1. The Morgan fingerprint density at radius 3 is 3.25 bits per heavy atom. The Kier molecular flexibility index (Phi) is 2.18. The SMILES string of the molecule is NC(=O)[C@]12CNCC1=CC1=CCCCC1C2. The minimum absolute atomic E-state index is 0.145. The van der Waals surface area contributed by atoms with Crippen molar-refractivity contribution < 1.29 is 4.79 Å². The van der Waals surface area contributed by atoms with Gasteiger partial charge >= 0.3 is 0 Å². The van der Waals surface area contributed by atoms with Crippen molar-refractivity contribution in [3.05, 3.63) is 23.3 Å². The van der Waals surface area contributed by atoms with Crippen molar-refractivity contribution in [3.63, 3.8) is 0 Å². The standard InChI is InChI=1S/C13H18N2O/c14-12(16)13-6-10-4-2-1-3-9(10)5-11(13)7-15-8-13/h3,5,10,15H,1-2,4,6-8H2,(H2,14,16)/t10?,13-/m1/s1. The van der Waals surface area contributed by atoms with E-state index < -0.39 is 0 Å². The summed E-state index contributed by atoms with van der Waals surface area (Å²) in [5, 5.41) is 3.30. The smallest absolute Gasteiger partial charge is 0.229 e. The molecule has 0 aromatic rings. The highest BCUT2D eigenvalue weighted by Gasteiger charge is 2.48. The zero-order valence-electron chi connectivity index (χ0n) is 9.46. The molecule has 1 amide bonds. The molecule has 2 aliphatic carbocycles. The summed E-state index contributed by atoms with van der Waals surface area (Å²) in [7, 11) is 0. The monoisotopic (exact) mass is 218 g/mol. The Morgan fingerprint density at radius 2 is 2.44 bits per heavy atom. The minimum atomic E-state index is -0.376. The van der Waals surface area contributed by atoms with E-state index in [0.29, 0.717) is 5.92 Å². The molecule has 3 rings (SSSR count). The van der Waals surface area contributed by atoms with Crippen LogP contribution in [0, 0.1) is 11.3 Å². The molecule has 3 heteroatoms. The number of nitrogens with two attached hydrogens (primary N) is 1. The second-order valence-electron chi connectivity index (χ2n) is 5.26. The van der Waals surface area contributed by atoms with E-state index >= 15 is 0 Å². The zero-order valence-corrected chi connectivity index (χ0v) is 9.46. The van der Waals surface area contributed by atoms with E-state index in [0.717, 1.165) is 19.5 Å². The molecule has 0 spiro atoms. The molecule has 1 fully saturated rings. The molecule has 3 aliphatic rings. The summed E-state index contributed by atoms with van der Waals surface area (Å²) in [6, 6.07) is 0. The lowest BCUT2D eigenvalue weighted by molar-refractivity contribution is -0.125. The molecule has 0 aromatic heterocycles. The first kappa shape index (κ1) is 10.1. The summed E-state index contributed by atoms with van der Waals surface area (Å²) < 4.78 is 0. The van der Waals surface area contributed by atoms with Crippen molar-refractivity contribution in [1.29, 1.82) is 0 Å². The summed E-state index contributed by atoms with van der Waals surface area (Å²) in [5.74, 6) is 0.415. The van der Waals surface area contributed by atoms with Crippen LogP contribution in [0.15, 0.2) is 23.3 Å². The quantitative estimate of drug-likeness (QED) is 0.693. The number of primary amides is 1. The molecule has 3 N–H and O–H groups in total. The molecular weight excluding hydrogens is 200 g/mol. The zero-order chi connectivity index (χ0) is 11.2. The van der Waals surface area contributed by atoms with E-state index in [1.54, 1.807) is 0 Å². The van der Waals surface area contributed by atoms with Gasteiger partial charge in [-0.1, -0.05) is 12.2 Å². The van der Waals surface area contributed by atoms with E-state index in [1.165, 1.54) is 30.4 Å². The van der Waals surface area contributed by atoms with Crippen molar-refractivity contribution in [3.8, 4) is 0 Å². The van der Waals surface area contributed by atoms with Crippen LogP contribution in [0.1, 0.15) is 25.7 Å². The Hall–Kier alpha value is -1.09. The number of hydrogen-bond donors (Lipinski definition) is 2. The summed E-state index contributed by atoms with van der Waals surface area (Å²) in [5.41, 5.74) is 7.91. The lowest BCUT2D eigenvalue weighted by atomic mass is 9.66. The average molecular weight is 218 g/mol. The molecule has 0 radical (unpaired) electrons. The third kappa shape index (κ3) is 1.27. The average Bonchev–Trinajstić information content (AvgIpc) is 2.69. The molecule has 16 heavy (non-hydrogen) atoms. The fraction of sp³-hybridized carbons (Fsp3) is 0.615. The van der Waals surface area contributed by atoms with Crippen molar-refractivity contribution in [2.45, 2.75) is 25.7 Å². The molecule has 1 saturated heterocycles. The van der Waals surface area contributed by atoms with Crippen molar-refractivity contribution >= 4 is 5.91 Å². The maximum atomic E-state index is 11.8. The normalized spacial score (nSPS) is 37.1. The van der Waals surface area contributed by atoms with E-state index in [4.69, 9.17) is 5.73 Å². The molecule has 86 valence electrons. The van der Waals surface area contributed by atoms with Crippen molar-refractivity contribution in [2.75, 3.05) is 13.1 Å². The maximum Gasteiger partial charge on any atom is 0.229 e. The first-order valence-electron chi connectivity index (χ1n) is 6.14. The highest BCUT2D eigenvalue weighted by atomic mass is 16.1. The second-order valence-corrected chi connectivity index (χ2v) is 5.26. The van der Waals surface area contributed by atoms with Gasteiger partial charge in [-0.05, 0) is 42.7 Å². The predicted molar refractivity (Wildman–Crippen MR) is 62.6 cm³/mol. The third-order valence-electron chi connectivity index (χ3n) is 4.37. The van der Waals surface area contributed by atoms with Gasteiger partial charge in [0.1, 0.15) is 0 Å². The van der Waals surface area contributed by atoms with Gasteiger partial charge in [0.25, 0.3) is 0 Å². The van der Waals surface area contributed by atoms with Gasteiger partial charge in [0.15, 0.2) is 0 Å². The Labute approximate surface area is 95.8 Å². The van der Waals surface area contributed by atoms with E-state index in [-0.39, 0.29) is 11.3 Å². The second kappa shape index (κ2) is 3.45. The number of carbonyl (C=O) groups excluding carboxylic acids is 1. The number of fused-ring (bicyclic) bond motifs is 2. The maximum absolute atomic E-state index is 11.8. The summed E-state index contributed by atoms with van der Waals surface area (Å²) >= 11 is 0. The van der Waals surface area contributed by atoms with Gasteiger partial charge in [0, 0.05) is 13.1 Å². The molecule has 0 bridgehead atoms. The number of rotatable bonds is 1. The van der Waals surface area contributed by atoms with Crippen molar-refractivity contribution in [1.82, 2.24) is 5.32 Å². The van der Waals surface area contributed by atoms with Gasteiger partial charge in [0.2, 0.25) is 5.91 Å². The Bertz CT molecular complexity index is 397. The van der Waals surface area contributed by atoms with Crippen LogP contribution >= 0.6 is 0 Å². The summed E-state index contributed by atoms with van der Waals surface area (Å²) in [6.07, 6.45) is 9.15. The highest BCUT2D eigenvalue weighted by molar-refractivity contribution is 5.86. The molecule has 0 saturated carbocycles. The van der Waals surface area contributed by atoms with Gasteiger partial charge < -0.3 is 11.1 Å².